The van der Waals surface area contributed by atoms with Crippen LogP contribution >= 0.6 is 11.6 Å². The summed E-state index contributed by atoms with van der Waals surface area (Å²) in [4.78, 5) is 25.6. The molecule has 0 aliphatic carbocycles. The number of aryl methyl sites for hydroxylation is 1. The highest BCUT2D eigenvalue weighted by Gasteiger charge is 2.17. The second kappa shape index (κ2) is 10.1. The lowest BCUT2D eigenvalue weighted by molar-refractivity contribution is -0.120. The number of benzene rings is 2. The third kappa shape index (κ3) is 5.16. The van der Waals surface area contributed by atoms with E-state index in [2.05, 4.69) is 10.7 Å². The van der Waals surface area contributed by atoms with Gasteiger partial charge in [-0.05, 0) is 53.4 Å². The van der Waals surface area contributed by atoms with E-state index >= 15 is 0 Å². The Kier molecular flexibility index (Phi) is 7.04. The van der Waals surface area contributed by atoms with Gasteiger partial charge in [-0.3, -0.25) is 9.59 Å². The molecule has 0 saturated carbocycles. The Bertz CT molecular complexity index is 1290. The zero-order chi connectivity index (χ0) is 24.2. The van der Waals surface area contributed by atoms with Crippen molar-refractivity contribution in [2.24, 2.45) is 5.73 Å². The van der Waals surface area contributed by atoms with Gasteiger partial charge in [0.1, 0.15) is 5.82 Å². The molecular formula is C24H24ClFN4O4. The Balaban J connectivity index is 1.44. The molecule has 1 aliphatic heterocycles. The van der Waals surface area contributed by atoms with Gasteiger partial charge in [0.05, 0.1) is 13.0 Å². The number of ether oxygens (including phenoxy) is 2. The van der Waals surface area contributed by atoms with Crippen LogP contribution in [0, 0.1) is 12.7 Å². The van der Waals surface area contributed by atoms with E-state index < -0.39 is 5.82 Å². The molecule has 1 aliphatic rings. The number of carbonyl (C=O) groups is 1. The van der Waals surface area contributed by atoms with Crippen molar-refractivity contribution in [3.63, 3.8) is 0 Å². The summed E-state index contributed by atoms with van der Waals surface area (Å²) in [7, 11) is 0. The largest absolute Gasteiger partial charge is 0.454 e. The van der Waals surface area contributed by atoms with Gasteiger partial charge in [0, 0.05) is 35.9 Å². The summed E-state index contributed by atoms with van der Waals surface area (Å²) in [6.45, 7) is 2.50. The third-order valence-electron chi connectivity index (χ3n) is 5.61. The molecule has 0 radical (unpaired) electrons. The molecule has 3 aromatic rings. The van der Waals surface area contributed by atoms with Gasteiger partial charge in [0.2, 0.25) is 12.7 Å². The van der Waals surface area contributed by atoms with Crippen molar-refractivity contribution in [1.82, 2.24) is 9.99 Å². The summed E-state index contributed by atoms with van der Waals surface area (Å²) in [6.07, 6.45) is 1.48. The number of amides is 1. The van der Waals surface area contributed by atoms with Crippen LogP contribution in [0.25, 0.3) is 0 Å². The van der Waals surface area contributed by atoms with E-state index in [1.807, 2.05) is 0 Å². The molecule has 0 unspecified atom stereocenters. The Labute approximate surface area is 200 Å². The van der Waals surface area contributed by atoms with Crippen LogP contribution < -0.4 is 31.5 Å². The average molecular weight is 487 g/mol. The fourth-order valence-corrected chi connectivity index (χ4v) is 3.87. The zero-order valence-electron chi connectivity index (χ0n) is 18.5. The number of hydrogen-bond acceptors (Lipinski definition) is 6. The summed E-state index contributed by atoms with van der Waals surface area (Å²) in [5.41, 5.74) is 11.5. The first-order chi connectivity index (χ1) is 16.4. The minimum Gasteiger partial charge on any atom is -0.454 e. The first-order valence-electron chi connectivity index (χ1n) is 10.6. The predicted molar refractivity (Wildman–Crippen MR) is 126 cm³/mol. The molecule has 34 heavy (non-hydrogen) atoms. The smallest absolute Gasteiger partial charge is 0.272 e. The molecule has 8 nitrogen and oxygen atoms in total. The van der Waals surface area contributed by atoms with Crippen molar-refractivity contribution in [3.8, 4) is 11.5 Å². The molecule has 0 spiro atoms. The minimum absolute atomic E-state index is 0.115. The Morgan fingerprint density at radius 2 is 1.88 bits per heavy atom. The van der Waals surface area contributed by atoms with Gasteiger partial charge < -0.3 is 25.9 Å². The minimum atomic E-state index is -0.406. The predicted octanol–water partition coefficient (Wildman–Crippen LogP) is 2.74. The average Bonchev–Trinajstić information content (AvgIpc) is 3.27. The van der Waals surface area contributed by atoms with Gasteiger partial charge in [0.15, 0.2) is 11.5 Å². The van der Waals surface area contributed by atoms with Crippen molar-refractivity contribution in [2.45, 2.75) is 33.0 Å². The van der Waals surface area contributed by atoms with E-state index in [-0.39, 0.29) is 44.3 Å². The number of aromatic nitrogens is 1. The van der Waals surface area contributed by atoms with Crippen molar-refractivity contribution in [1.29, 1.82) is 0 Å². The molecular weight excluding hydrogens is 463 g/mol. The van der Waals surface area contributed by atoms with E-state index in [9.17, 15) is 14.0 Å². The highest BCUT2D eigenvalue weighted by atomic mass is 35.5. The number of hydrogen-bond donors (Lipinski definition) is 3. The fraction of sp³-hybridized carbons (Fsp3) is 0.250. The lowest BCUT2D eigenvalue weighted by Gasteiger charge is -2.14. The fourth-order valence-electron chi connectivity index (χ4n) is 3.65. The van der Waals surface area contributed by atoms with Crippen LogP contribution in [0.1, 0.15) is 27.8 Å². The maximum atomic E-state index is 13.6. The van der Waals surface area contributed by atoms with Crippen molar-refractivity contribution >= 4 is 17.5 Å². The third-order valence-corrected chi connectivity index (χ3v) is 5.96. The van der Waals surface area contributed by atoms with Crippen molar-refractivity contribution < 1.29 is 18.7 Å². The molecule has 4 N–H and O–H groups in total. The molecule has 0 bridgehead atoms. The van der Waals surface area contributed by atoms with E-state index in [1.54, 1.807) is 37.4 Å². The van der Waals surface area contributed by atoms with E-state index in [0.29, 0.717) is 33.2 Å². The number of nitrogens with zero attached hydrogens (tertiary/aromatic N) is 1. The summed E-state index contributed by atoms with van der Waals surface area (Å²) in [6, 6.07) is 9.43. The maximum Gasteiger partial charge on any atom is 0.272 e. The first-order valence-corrected chi connectivity index (χ1v) is 11.0. The van der Waals surface area contributed by atoms with Crippen LogP contribution in [-0.4, -0.2) is 17.4 Å². The van der Waals surface area contributed by atoms with Crippen LogP contribution in [0.4, 0.5) is 4.39 Å². The monoisotopic (exact) mass is 486 g/mol. The molecule has 1 amide bonds. The van der Waals surface area contributed by atoms with Crippen LogP contribution in [-0.2, 0) is 30.8 Å². The summed E-state index contributed by atoms with van der Waals surface area (Å²) in [5, 5.41) is 3.22. The summed E-state index contributed by atoms with van der Waals surface area (Å²) in [5.74, 6) is 0.401. The van der Waals surface area contributed by atoms with Crippen LogP contribution in [0.15, 0.2) is 47.4 Å². The maximum absolute atomic E-state index is 13.6. The quantitative estimate of drug-likeness (QED) is 0.452. The van der Waals surface area contributed by atoms with Crippen LogP contribution in [0.2, 0.25) is 5.02 Å². The van der Waals surface area contributed by atoms with Gasteiger partial charge in [-0.25, -0.2) is 9.07 Å². The molecule has 2 aromatic carbocycles. The Morgan fingerprint density at radius 1 is 1.12 bits per heavy atom. The topological polar surface area (TPSA) is 108 Å². The number of nitrogens with one attached hydrogen (secondary N) is 2. The highest BCUT2D eigenvalue weighted by molar-refractivity contribution is 6.31. The molecule has 178 valence electrons. The molecule has 4 rings (SSSR count). The highest BCUT2D eigenvalue weighted by Crippen LogP contribution is 2.36. The Hall–Kier alpha value is -3.56. The summed E-state index contributed by atoms with van der Waals surface area (Å²) >= 11 is 6.31. The second-order valence-electron chi connectivity index (χ2n) is 7.85. The number of carbonyl (C=O) groups excluding carboxylic acids is 1. The van der Waals surface area contributed by atoms with Gasteiger partial charge >= 0.3 is 0 Å². The molecule has 10 heteroatoms. The van der Waals surface area contributed by atoms with Crippen molar-refractivity contribution in [3.05, 3.63) is 91.6 Å². The number of nitrogens with two attached hydrogens (primary N) is 1. The van der Waals surface area contributed by atoms with Gasteiger partial charge in [-0.1, -0.05) is 17.7 Å². The lowest BCUT2D eigenvalue weighted by atomic mass is 10.1. The standard InChI is InChI=1S/C24H24ClFN4O4/c1-14-4-5-30(29-12-17-7-21-22(9-20(17)25)34-13-33-21)24(32)19(14)8-23(31)28-11-16-6-18(26)3-2-15(16)10-27/h2-7,9,29H,8,10-13,27H2,1H3,(H,28,31). The summed E-state index contributed by atoms with van der Waals surface area (Å²) < 4.78 is 25.6. The SMILES string of the molecule is Cc1ccn(NCc2cc3c(cc2Cl)OCO3)c(=O)c1CC(=O)NCc1cc(F)ccc1CN. The lowest BCUT2D eigenvalue weighted by Crippen LogP contribution is -2.34. The normalized spacial score (nSPS) is 12.0. The second-order valence-corrected chi connectivity index (χ2v) is 8.26. The number of rotatable bonds is 8. The van der Waals surface area contributed by atoms with Crippen molar-refractivity contribution in [2.75, 3.05) is 12.2 Å². The zero-order valence-corrected chi connectivity index (χ0v) is 19.2. The van der Waals surface area contributed by atoms with E-state index in [4.69, 9.17) is 26.8 Å². The van der Waals surface area contributed by atoms with E-state index in [1.165, 1.54) is 16.8 Å². The number of pyridine rings is 1. The molecule has 0 atom stereocenters. The number of halogens is 2. The molecule has 1 aromatic heterocycles. The van der Waals surface area contributed by atoms with Crippen LogP contribution in [0.3, 0.4) is 0 Å². The molecule has 0 fully saturated rings. The molecule has 0 saturated heterocycles. The number of fused-ring (bicyclic) bond motifs is 1. The first kappa shape index (κ1) is 23.6. The van der Waals surface area contributed by atoms with E-state index in [0.717, 1.165) is 11.1 Å². The van der Waals surface area contributed by atoms with Gasteiger partial charge in [0.25, 0.3) is 5.56 Å². The van der Waals surface area contributed by atoms with Crippen LogP contribution in [0.5, 0.6) is 11.5 Å². The van der Waals surface area contributed by atoms with Gasteiger partial charge in [-0.15, -0.1) is 0 Å². The van der Waals surface area contributed by atoms with Gasteiger partial charge in [-0.2, -0.15) is 0 Å². The Morgan fingerprint density at radius 3 is 2.65 bits per heavy atom. The molecule has 2 heterocycles.